The molecule has 0 saturated carbocycles. The Balaban J connectivity index is 1.47. The molecule has 0 aliphatic carbocycles. The number of halogens is 1. The largest absolute Gasteiger partial charge is 0.495 e. The van der Waals surface area contributed by atoms with Gasteiger partial charge in [-0.1, -0.05) is 29.8 Å². The number of amides is 1. The molecule has 0 radical (unpaired) electrons. The third kappa shape index (κ3) is 4.21. The van der Waals surface area contributed by atoms with Crippen molar-refractivity contribution >= 4 is 34.2 Å². The predicted molar refractivity (Wildman–Crippen MR) is 116 cm³/mol. The highest BCUT2D eigenvalue weighted by Gasteiger charge is 2.10. The lowest BCUT2D eigenvalue weighted by Crippen LogP contribution is -2.20. The number of nitrogens with one attached hydrogen (secondary N) is 1. The number of para-hydroxylation sites is 1. The molecule has 0 saturated heterocycles. The second kappa shape index (κ2) is 8.42. The van der Waals surface area contributed by atoms with Gasteiger partial charge in [-0.15, -0.1) is 10.2 Å². The van der Waals surface area contributed by atoms with Crippen molar-refractivity contribution in [3.63, 3.8) is 0 Å². The molecule has 1 N–H and O–H groups in total. The summed E-state index contributed by atoms with van der Waals surface area (Å²) in [5.41, 5.74) is 3.62. The van der Waals surface area contributed by atoms with E-state index < -0.39 is 0 Å². The second-order valence-electron chi connectivity index (χ2n) is 6.61. The third-order valence-corrected chi connectivity index (χ3v) is 4.78. The number of aryl methyl sites for hydroxylation is 1. The van der Waals surface area contributed by atoms with Gasteiger partial charge in [-0.3, -0.25) is 4.79 Å². The number of carbonyl (C=O) groups is 1. The second-order valence-corrected chi connectivity index (χ2v) is 7.02. The molecule has 7 nitrogen and oxygen atoms in total. The first-order chi connectivity index (χ1) is 14.5. The number of aromatic nitrogens is 3. The average Bonchev–Trinajstić information content (AvgIpc) is 3.16. The molecule has 0 atom stereocenters. The molecule has 0 aliphatic heterocycles. The van der Waals surface area contributed by atoms with Crippen molar-refractivity contribution in [3.05, 3.63) is 71.2 Å². The van der Waals surface area contributed by atoms with Crippen LogP contribution in [-0.2, 0) is 4.79 Å². The lowest BCUT2D eigenvalue weighted by Gasteiger charge is -2.09. The molecule has 0 spiro atoms. The Labute approximate surface area is 178 Å². The predicted octanol–water partition coefficient (Wildman–Crippen LogP) is 4.41. The van der Waals surface area contributed by atoms with Gasteiger partial charge in [0.2, 0.25) is 0 Å². The van der Waals surface area contributed by atoms with Gasteiger partial charge < -0.3 is 14.8 Å². The molecular formula is C22H19ClN4O3. The minimum atomic E-state index is -0.257. The molecule has 0 fully saturated rings. The van der Waals surface area contributed by atoms with E-state index >= 15 is 0 Å². The number of ether oxygens (including phenoxy) is 2. The lowest BCUT2D eigenvalue weighted by molar-refractivity contribution is -0.118. The first-order valence-electron chi connectivity index (χ1n) is 9.23. The topological polar surface area (TPSA) is 78.3 Å². The van der Waals surface area contributed by atoms with Crippen LogP contribution in [0.4, 0.5) is 5.69 Å². The monoisotopic (exact) mass is 422 g/mol. The number of hydrogen-bond acceptors (Lipinski definition) is 5. The molecule has 152 valence electrons. The van der Waals surface area contributed by atoms with Gasteiger partial charge in [0.05, 0.1) is 17.8 Å². The van der Waals surface area contributed by atoms with Gasteiger partial charge in [0, 0.05) is 5.69 Å². The summed E-state index contributed by atoms with van der Waals surface area (Å²) in [5.74, 6) is 1.01. The standard InChI is InChI=1S/C22H19ClN4O3/c1-14-5-3-4-6-20(14)30-13-22(28)24-15-7-9-18-19(11-15)26-27(25-18)16-8-10-21(29-2)17(23)12-16/h3-12H,13H2,1-2H3,(H,24,28). The number of nitrogens with zero attached hydrogens (tertiary/aromatic N) is 3. The molecule has 4 rings (SSSR count). The van der Waals surface area contributed by atoms with Gasteiger partial charge in [-0.05, 0) is 55.0 Å². The average molecular weight is 423 g/mol. The maximum atomic E-state index is 12.3. The van der Waals surface area contributed by atoms with Crippen molar-refractivity contribution in [1.29, 1.82) is 0 Å². The van der Waals surface area contributed by atoms with Gasteiger partial charge in [0.25, 0.3) is 5.91 Å². The summed E-state index contributed by atoms with van der Waals surface area (Å²) in [6.45, 7) is 1.85. The summed E-state index contributed by atoms with van der Waals surface area (Å²) >= 11 is 6.19. The minimum Gasteiger partial charge on any atom is -0.495 e. The van der Waals surface area contributed by atoms with Crippen molar-refractivity contribution < 1.29 is 14.3 Å². The summed E-state index contributed by atoms with van der Waals surface area (Å²) in [7, 11) is 1.56. The van der Waals surface area contributed by atoms with Crippen LogP contribution in [0.5, 0.6) is 11.5 Å². The van der Waals surface area contributed by atoms with E-state index in [4.69, 9.17) is 21.1 Å². The van der Waals surface area contributed by atoms with Crippen LogP contribution in [-0.4, -0.2) is 34.6 Å². The van der Waals surface area contributed by atoms with Crippen molar-refractivity contribution in [2.24, 2.45) is 0 Å². The molecule has 0 aliphatic rings. The highest BCUT2D eigenvalue weighted by atomic mass is 35.5. The van der Waals surface area contributed by atoms with Gasteiger partial charge >= 0.3 is 0 Å². The van der Waals surface area contributed by atoms with E-state index in [1.807, 2.05) is 37.3 Å². The maximum Gasteiger partial charge on any atom is 0.262 e. The third-order valence-electron chi connectivity index (χ3n) is 4.48. The Bertz CT molecular complexity index is 1220. The van der Waals surface area contributed by atoms with Crippen molar-refractivity contribution in [1.82, 2.24) is 15.0 Å². The highest BCUT2D eigenvalue weighted by Crippen LogP contribution is 2.27. The normalized spacial score (nSPS) is 10.8. The van der Waals surface area contributed by atoms with E-state index in [0.29, 0.717) is 38.9 Å². The maximum absolute atomic E-state index is 12.3. The molecule has 1 heterocycles. The molecule has 4 aromatic rings. The number of carbonyl (C=O) groups excluding carboxylic acids is 1. The molecule has 8 heteroatoms. The van der Waals surface area contributed by atoms with Crippen LogP contribution in [0.3, 0.4) is 0 Å². The highest BCUT2D eigenvalue weighted by molar-refractivity contribution is 6.32. The Hall–Kier alpha value is -3.58. The number of methoxy groups -OCH3 is 1. The summed E-state index contributed by atoms with van der Waals surface area (Å²) in [5, 5.41) is 12.2. The van der Waals surface area contributed by atoms with Crippen LogP contribution < -0.4 is 14.8 Å². The molecule has 0 unspecified atom stereocenters. The first kappa shape index (κ1) is 19.7. The van der Waals surface area contributed by atoms with Crippen molar-refractivity contribution in [3.8, 4) is 17.2 Å². The Morgan fingerprint density at radius 1 is 1.03 bits per heavy atom. The lowest BCUT2D eigenvalue weighted by atomic mass is 10.2. The van der Waals surface area contributed by atoms with E-state index in [1.165, 1.54) is 4.80 Å². The van der Waals surface area contributed by atoms with Crippen molar-refractivity contribution in [2.45, 2.75) is 6.92 Å². The van der Waals surface area contributed by atoms with Crippen LogP contribution >= 0.6 is 11.6 Å². The van der Waals surface area contributed by atoms with E-state index in [-0.39, 0.29) is 12.5 Å². The van der Waals surface area contributed by atoms with Crippen LogP contribution in [0, 0.1) is 6.92 Å². The Morgan fingerprint density at radius 2 is 1.83 bits per heavy atom. The van der Waals surface area contributed by atoms with E-state index in [1.54, 1.807) is 37.4 Å². The molecule has 1 aromatic heterocycles. The first-order valence-corrected chi connectivity index (χ1v) is 9.60. The fraction of sp³-hybridized carbons (Fsp3) is 0.136. The smallest absolute Gasteiger partial charge is 0.262 e. The Kier molecular flexibility index (Phi) is 5.54. The van der Waals surface area contributed by atoms with E-state index in [0.717, 1.165) is 5.56 Å². The van der Waals surface area contributed by atoms with Crippen LogP contribution in [0.25, 0.3) is 16.7 Å². The Morgan fingerprint density at radius 3 is 2.60 bits per heavy atom. The molecule has 30 heavy (non-hydrogen) atoms. The van der Waals surface area contributed by atoms with Gasteiger partial charge in [-0.25, -0.2) is 0 Å². The van der Waals surface area contributed by atoms with E-state index in [9.17, 15) is 4.79 Å². The number of fused-ring (bicyclic) bond motifs is 1. The number of benzene rings is 3. The fourth-order valence-corrected chi connectivity index (χ4v) is 3.20. The van der Waals surface area contributed by atoms with Crippen LogP contribution in [0.2, 0.25) is 5.02 Å². The van der Waals surface area contributed by atoms with Crippen molar-refractivity contribution in [2.75, 3.05) is 19.0 Å². The fourth-order valence-electron chi connectivity index (χ4n) is 2.95. The summed E-state index contributed by atoms with van der Waals surface area (Å²) in [6.07, 6.45) is 0. The molecular weight excluding hydrogens is 404 g/mol. The van der Waals surface area contributed by atoms with Gasteiger partial charge in [0.1, 0.15) is 22.5 Å². The number of rotatable bonds is 6. The van der Waals surface area contributed by atoms with Gasteiger partial charge in [0.15, 0.2) is 6.61 Å². The van der Waals surface area contributed by atoms with Crippen LogP contribution in [0.1, 0.15) is 5.56 Å². The summed E-state index contributed by atoms with van der Waals surface area (Å²) < 4.78 is 10.8. The number of hydrogen-bond donors (Lipinski definition) is 1. The zero-order valence-corrected chi connectivity index (χ0v) is 17.2. The zero-order valence-electron chi connectivity index (χ0n) is 16.4. The summed E-state index contributed by atoms with van der Waals surface area (Å²) in [4.78, 5) is 13.7. The molecule has 1 amide bonds. The van der Waals surface area contributed by atoms with E-state index in [2.05, 4.69) is 15.5 Å². The van der Waals surface area contributed by atoms with Crippen LogP contribution in [0.15, 0.2) is 60.7 Å². The number of anilines is 1. The molecule has 3 aromatic carbocycles. The zero-order chi connectivity index (χ0) is 21.1. The minimum absolute atomic E-state index is 0.0834. The van der Waals surface area contributed by atoms with Gasteiger partial charge in [-0.2, -0.15) is 4.80 Å². The quantitative estimate of drug-likeness (QED) is 0.498. The molecule has 0 bridgehead atoms. The summed E-state index contributed by atoms with van der Waals surface area (Å²) in [6, 6.07) is 18.2. The SMILES string of the molecule is COc1ccc(-n2nc3ccc(NC(=O)COc4ccccc4C)cc3n2)cc1Cl.